The average molecular weight is 455 g/mol. The second-order valence-corrected chi connectivity index (χ2v) is 6.79. The van der Waals surface area contributed by atoms with Crippen molar-refractivity contribution in [2.75, 3.05) is 6.61 Å². The van der Waals surface area contributed by atoms with Crippen LogP contribution in [0.3, 0.4) is 0 Å². The summed E-state index contributed by atoms with van der Waals surface area (Å²) < 4.78 is 51.7. The lowest BCUT2D eigenvalue weighted by Gasteiger charge is -2.12. The molecule has 0 atom stereocenters. The van der Waals surface area contributed by atoms with Crippen molar-refractivity contribution >= 4 is 17.3 Å². The number of para-hydroxylation sites is 1. The second-order valence-electron chi connectivity index (χ2n) is 6.79. The molecule has 0 radical (unpaired) electrons. The molecule has 0 amide bonds. The Bertz CT molecular complexity index is 1150. The van der Waals surface area contributed by atoms with Crippen molar-refractivity contribution in [1.82, 2.24) is 0 Å². The number of nitrogens with zero attached hydrogens (tertiary/aromatic N) is 1. The lowest BCUT2D eigenvalue weighted by molar-refractivity contribution is -0.385. The first kappa shape index (κ1) is 23.6. The maximum absolute atomic E-state index is 13.6. The first-order chi connectivity index (χ1) is 15.8. The third-order valence-electron chi connectivity index (χ3n) is 4.48. The molecule has 0 spiro atoms. The van der Waals surface area contributed by atoms with Crippen molar-refractivity contribution < 1.29 is 27.6 Å². The lowest BCUT2D eigenvalue weighted by Crippen LogP contribution is -2.10. The van der Waals surface area contributed by atoms with Crippen LogP contribution in [0.15, 0.2) is 84.9 Å². The molecule has 0 aromatic heterocycles. The molecule has 0 aliphatic carbocycles. The van der Waals surface area contributed by atoms with E-state index in [1.165, 1.54) is 54.6 Å². The van der Waals surface area contributed by atoms with Crippen LogP contribution in [0.1, 0.15) is 18.1 Å². The quantitative estimate of drug-likeness (QED) is 0.201. The minimum Gasteiger partial charge on any atom is -0.494 e. The Kier molecular flexibility index (Phi) is 7.50. The monoisotopic (exact) mass is 455 g/mol. The van der Waals surface area contributed by atoms with Crippen LogP contribution < -0.4 is 9.47 Å². The summed E-state index contributed by atoms with van der Waals surface area (Å²) in [6, 6.07) is 18.2. The molecule has 0 unspecified atom stereocenters. The molecular weight excluding hydrogens is 435 g/mol. The SMILES string of the molecule is CCOc1ccc(C(=CC=Cc2ccc([N+](=O)[O-])c(Oc3ccccc3)c2)C(F)(F)F)cc1. The van der Waals surface area contributed by atoms with Crippen molar-refractivity contribution in [2.45, 2.75) is 13.1 Å². The summed E-state index contributed by atoms with van der Waals surface area (Å²) in [7, 11) is 0. The zero-order valence-corrected chi connectivity index (χ0v) is 17.6. The molecule has 0 N–H and O–H groups in total. The highest BCUT2D eigenvalue weighted by Gasteiger charge is 2.34. The summed E-state index contributed by atoms with van der Waals surface area (Å²) in [6.07, 6.45) is -0.960. The van der Waals surface area contributed by atoms with Crippen LogP contribution in [0.5, 0.6) is 17.2 Å². The predicted octanol–water partition coefficient (Wildman–Crippen LogP) is 7.44. The molecule has 0 saturated heterocycles. The van der Waals surface area contributed by atoms with Crippen LogP contribution in [-0.2, 0) is 0 Å². The van der Waals surface area contributed by atoms with Gasteiger partial charge in [0.25, 0.3) is 0 Å². The van der Waals surface area contributed by atoms with E-state index in [2.05, 4.69) is 0 Å². The molecule has 170 valence electrons. The fraction of sp³-hybridized carbons (Fsp3) is 0.120. The second kappa shape index (κ2) is 10.5. The number of ether oxygens (including phenoxy) is 2. The number of alkyl halides is 3. The zero-order chi connectivity index (χ0) is 23.8. The third kappa shape index (κ3) is 6.46. The summed E-state index contributed by atoms with van der Waals surface area (Å²) in [6.45, 7) is 2.20. The minimum atomic E-state index is -4.57. The Morgan fingerprint density at radius 1 is 1.00 bits per heavy atom. The summed E-state index contributed by atoms with van der Waals surface area (Å²) >= 11 is 0. The standard InChI is InChI=1S/C25H20F3NO4/c1-2-32-20-14-12-19(13-15-20)22(25(26,27)28)10-6-7-18-11-16-23(29(30)31)24(17-18)33-21-8-4-3-5-9-21/h3-17H,2H2,1H3. The lowest BCUT2D eigenvalue weighted by atomic mass is 10.0. The summed E-state index contributed by atoms with van der Waals surface area (Å²) in [5.74, 6) is 0.867. The molecule has 0 aliphatic rings. The van der Waals surface area contributed by atoms with Crippen molar-refractivity contribution in [3.05, 3.63) is 106 Å². The molecular formula is C25H20F3NO4. The third-order valence-corrected chi connectivity index (χ3v) is 4.48. The number of nitro groups is 1. The number of benzene rings is 3. The zero-order valence-electron chi connectivity index (χ0n) is 17.6. The van der Waals surface area contributed by atoms with Crippen LogP contribution in [0, 0.1) is 10.1 Å². The largest absolute Gasteiger partial charge is 0.494 e. The van der Waals surface area contributed by atoms with Gasteiger partial charge in [-0.1, -0.05) is 42.5 Å². The highest BCUT2D eigenvalue weighted by atomic mass is 19.4. The molecule has 3 aromatic carbocycles. The van der Waals surface area contributed by atoms with Gasteiger partial charge in [-0.15, -0.1) is 0 Å². The first-order valence-corrected chi connectivity index (χ1v) is 9.98. The van der Waals surface area contributed by atoms with Crippen molar-refractivity contribution in [3.8, 4) is 17.2 Å². The molecule has 0 fully saturated rings. The molecule has 5 nitrogen and oxygen atoms in total. The van der Waals surface area contributed by atoms with Gasteiger partial charge in [-0.3, -0.25) is 10.1 Å². The smallest absolute Gasteiger partial charge is 0.416 e. The number of allylic oxidation sites excluding steroid dienone is 3. The van der Waals surface area contributed by atoms with Gasteiger partial charge in [-0.2, -0.15) is 13.2 Å². The van der Waals surface area contributed by atoms with Gasteiger partial charge in [0.2, 0.25) is 5.75 Å². The van der Waals surface area contributed by atoms with Gasteiger partial charge in [0.05, 0.1) is 17.1 Å². The van der Waals surface area contributed by atoms with E-state index in [1.54, 1.807) is 37.3 Å². The highest BCUT2D eigenvalue weighted by Crippen LogP contribution is 2.35. The van der Waals surface area contributed by atoms with E-state index in [0.717, 1.165) is 6.08 Å². The molecule has 3 rings (SSSR count). The Labute approximate surface area is 188 Å². The topological polar surface area (TPSA) is 61.6 Å². The normalized spacial score (nSPS) is 12.1. The fourth-order valence-corrected chi connectivity index (χ4v) is 2.99. The van der Waals surface area contributed by atoms with Gasteiger partial charge in [0.15, 0.2) is 0 Å². The predicted molar refractivity (Wildman–Crippen MR) is 120 cm³/mol. The Morgan fingerprint density at radius 2 is 1.70 bits per heavy atom. The fourth-order valence-electron chi connectivity index (χ4n) is 2.99. The Balaban J connectivity index is 1.89. The van der Waals surface area contributed by atoms with Gasteiger partial charge in [-0.25, -0.2) is 0 Å². The molecule has 0 heterocycles. The van der Waals surface area contributed by atoms with Crippen LogP contribution in [0.2, 0.25) is 0 Å². The summed E-state index contributed by atoms with van der Waals surface area (Å²) in [5, 5.41) is 11.3. The van der Waals surface area contributed by atoms with Gasteiger partial charge in [0, 0.05) is 6.07 Å². The van der Waals surface area contributed by atoms with E-state index in [0.29, 0.717) is 23.7 Å². The number of hydrogen-bond donors (Lipinski definition) is 0. The number of halogens is 3. The molecule has 33 heavy (non-hydrogen) atoms. The minimum absolute atomic E-state index is 0.00703. The molecule has 3 aromatic rings. The number of hydrogen-bond acceptors (Lipinski definition) is 4. The van der Waals surface area contributed by atoms with E-state index < -0.39 is 16.7 Å². The summed E-state index contributed by atoms with van der Waals surface area (Å²) in [4.78, 5) is 10.7. The van der Waals surface area contributed by atoms with Crippen LogP contribution >= 0.6 is 0 Å². The van der Waals surface area contributed by atoms with E-state index in [9.17, 15) is 23.3 Å². The number of rotatable bonds is 8. The van der Waals surface area contributed by atoms with E-state index in [4.69, 9.17) is 9.47 Å². The van der Waals surface area contributed by atoms with Crippen LogP contribution in [-0.4, -0.2) is 17.7 Å². The van der Waals surface area contributed by atoms with Gasteiger partial charge in [0.1, 0.15) is 11.5 Å². The van der Waals surface area contributed by atoms with Gasteiger partial charge >= 0.3 is 11.9 Å². The van der Waals surface area contributed by atoms with Crippen molar-refractivity contribution in [2.24, 2.45) is 0 Å². The van der Waals surface area contributed by atoms with E-state index in [-0.39, 0.29) is 17.0 Å². The molecule has 0 bridgehead atoms. The maximum atomic E-state index is 13.6. The molecule has 0 aliphatic heterocycles. The van der Waals surface area contributed by atoms with Gasteiger partial charge in [-0.05, 0) is 60.5 Å². The summed E-state index contributed by atoms with van der Waals surface area (Å²) in [5.41, 5.74) is -0.648. The van der Waals surface area contributed by atoms with Crippen molar-refractivity contribution in [3.63, 3.8) is 0 Å². The Hall–Kier alpha value is -4.07. The molecule has 8 heteroatoms. The van der Waals surface area contributed by atoms with Crippen LogP contribution in [0.4, 0.5) is 18.9 Å². The van der Waals surface area contributed by atoms with E-state index >= 15 is 0 Å². The highest BCUT2D eigenvalue weighted by molar-refractivity contribution is 5.73. The van der Waals surface area contributed by atoms with Crippen molar-refractivity contribution in [1.29, 1.82) is 0 Å². The first-order valence-electron chi connectivity index (χ1n) is 9.98. The maximum Gasteiger partial charge on any atom is 0.416 e. The van der Waals surface area contributed by atoms with Crippen LogP contribution in [0.25, 0.3) is 11.6 Å². The van der Waals surface area contributed by atoms with Gasteiger partial charge < -0.3 is 9.47 Å². The Morgan fingerprint density at radius 3 is 2.30 bits per heavy atom. The van der Waals surface area contributed by atoms with E-state index in [1.807, 2.05) is 0 Å². The average Bonchev–Trinajstić information content (AvgIpc) is 2.77. The number of nitro benzene ring substituents is 1. The molecule has 0 saturated carbocycles.